The fourth-order valence-electron chi connectivity index (χ4n) is 1.93. The van der Waals surface area contributed by atoms with Gasteiger partial charge in [-0.15, -0.1) is 0 Å². The van der Waals surface area contributed by atoms with Crippen LogP contribution in [0, 0.1) is 6.92 Å². The molecule has 0 aliphatic heterocycles. The van der Waals surface area contributed by atoms with E-state index in [2.05, 4.69) is 47.6 Å². The molecule has 1 atom stereocenters. The predicted octanol–water partition coefficient (Wildman–Crippen LogP) is 3.21. The first-order valence-electron chi connectivity index (χ1n) is 6.38. The first kappa shape index (κ1) is 12.8. The Balaban J connectivity index is 2.14. The highest BCUT2D eigenvalue weighted by molar-refractivity contribution is 5.62. The van der Waals surface area contributed by atoms with E-state index >= 15 is 0 Å². The maximum atomic E-state index is 4.33. The van der Waals surface area contributed by atoms with Gasteiger partial charge in [0, 0.05) is 23.5 Å². The molecule has 2 nitrogen and oxygen atoms in total. The molecule has 0 radical (unpaired) electrons. The molecule has 0 aliphatic carbocycles. The molecule has 0 bridgehead atoms. The SMILES string of the molecule is CNC(C)Cc1ccc(-c2ccc(C)nc2)cc1. The van der Waals surface area contributed by atoms with Crippen molar-refractivity contribution in [3.05, 3.63) is 53.9 Å². The van der Waals surface area contributed by atoms with Crippen LogP contribution < -0.4 is 5.32 Å². The molecule has 0 fully saturated rings. The zero-order chi connectivity index (χ0) is 13.0. The lowest BCUT2D eigenvalue weighted by Gasteiger charge is -2.10. The van der Waals surface area contributed by atoms with Gasteiger partial charge in [0.1, 0.15) is 0 Å². The van der Waals surface area contributed by atoms with Gasteiger partial charge >= 0.3 is 0 Å². The van der Waals surface area contributed by atoms with Crippen molar-refractivity contribution < 1.29 is 0 Å². The fourth-order valence-corrected chi connectivity index (χ4v) is 1.93. The van der Waals surface area contributed by atoms with Crippen LogP contribution >= 0.6 is 0 Å². The standard InChI is InChI=1S/C16H20N2/c1-12-4-7-16(11-18-12)15-8-5-14(6-9-15)10-13(2)17-3/h4-9,11,13,17H,10H2,1-3H3. The van der Waals surface area contributed by atoms with Gasteiger partial charge in [-0.3, -0.25) is 4.98 Å². The summed E-state index contributed by atoms with van der Waals surface area (Å²) in [6.07, 6.45) is 2.99. The van der Waals surface area contributed by atoms with E-state index in [0.29, 0.717) is 6.04 Å². The van der Waals surface area contributed by atoms with Crippen molar-refractivity contribution in [2.75, 3.05) is 7.05 Å². The van der Waals surface area contributed by atoms with Gasteiger partial charge in [-0.2, -0.15) is 0 Å². The van der Waals surface area contributed by atoms with Crippen LogP contribution in [0.4, 0.5) is 0 Å². The molecule has 1 N–H and O–H groups in total. The van der Waals surface area contributed by atoms with E-state index in [-0.39, 0.29) is 0 Å². The number of rotatable bonds is 4. The van der Waals surface area contributed by atoms with Crippen molar-refractivity contribution in [2.45, 2.75) is 26.3 Å². The minimum absolute atomic E-state index is 0.511. The van der Waals surface area contributed by atoms with Crippen molar-refractivity contribution >= 4 is 0 Å². The molecule has 0 aliphatic rings. The first-order valence-corrected chi connectivity index (χ1v) is 6.38. The lowest BCUT2D eigenvalue weighted by atomic mass is 10.0. The smallest absolute Gasteiger partial charge is 0.0373 e. The Kier molecular flexibility index (Phi) is 4.11. The molecule has 2 heteroatoms. The second-order valence-electron chi connectivity index (χ2n) is 4.78. The highest BCUT2D eigenvalue weighted by atomic mass is 14.8. The lowest BCUT2D eigenvalue weighted by Crippen LogP contribution is -2.23. The monoisotopic (exact) mass is 240 g/mol. The molecule has 2 aromatic rings. The van der Waals surface area contributed by atoms with Crippen molar-refractivity contribution in [1.82, 2.24) is 10.3 Å². The minimum Gasteiger partial charge on any atom is -0.317 e. The molecule has 94 valence electrons. The fraction of sp³-hybridized carbons (Fsp3) is 0.312. The van der Waals surface area contributed by atoms with E-state index in [0.717, 1.165) is 12.1 Å². The Morgan fingerprint density at radius 3 is 2.28 bits per heavy atom. The van der Waals surface area contributed by atoms with E-state index in [1.54, 1.807) is 0 Å². The van der Waals surface area contributed by atoms with Gasteiger partial charge < -0.3 is 5.32 Å². The molecule has 2 rings (SSSR count). The van der Waals surface area contributed by atoms with Crippen LogP contribution in [0.1, 0.15) is 18.2 Å². The van der Waals surface area contributed by atoms with Crippen LogP contribution in [-0.2, 0) is 6.42 Å². The van der Waals surface area contributed by atoms with Gasteiger partial charge in [0.05, 0.1) is 0 Å². The summed E-state index contributed by atoms with van der Waals surface area (Å²) in [5, 5.41) is 3.26. The maximum Gasteiger partial charge on any atom is 0.0373 e. The number of nitrogens with one attached hydrogen (secondary N) is 1. The number of benzene rings is 1. The van der Waals surface area contributed by atoms with E-state index in [4.69, 9.17) is 0 Å². The average molecular weight is 240 g/mol. The van der Waals surface area contributed by atoms with Crippen molar-refractivity contribution in [3.63, 3.8) is 0 Å². The molecule has 0 spiro atoms. The van der Waals surface area contributed by atoms with Crippen LogP contribution in [0.25, 0.3) is 11.1 Å². The van der Waals surface area contributed by atoms with Crippen LogP contribution in [0.15, 0.2) is 42.6 Å². The molecular formula is C16H20N2. The number of hydrogen-bond acceptors (Lipinski definition) is 2. The summed E-state index contributed by atoms with van der Waals surface area (Å²) < 4.78 is 0. The van der Waals surface area contributed by atoms with Gasteiger partial charge in [-0.1, -0.05) is 30.3 Å². The number of aromatic nitrogens is 1. The molecule has 0 saturated carbocycles. The Morgan fingerprint density at radius 1 is 1.06 bits per heavy atom. The predicted molar refractivity (Wildman–Crippen MR) is 76.6 cm³/mol. The number of pyridine rings is 1. The molecule has 1 heterocycles. The van der Waals surface area contributed by atoms with E-state index in [1.807, 2.05) is 26.2 Å². The van der Waals surface area contributed by atoms with Gasteiger partial charge in [0.2, 0.25) is 0 Å². The number of aryl methyl sites for hydroxylation is 1. The summed E-state index contributed by atoms with van der Waals surface area (Å²) in [6.45, 7) is 4.20. The molecular weight excluding hydrogens is 220 g/mol. The van der Waals surface area contributed by atoms with Gasteiger partial charge in [-0.25, -0.2) is 0 Å². The third-order valence-corrected chi connectivity index (χ3v) is 3.23. The van der Waals surface area contributed by atoms with Crippen molar-refractivity contribution in [1.29, 1.82) is 0 Å². The molecule has 0 amide bonds. The normalized spacial score (nSPS) is 12.4. The van der Waals surface area contributed by atoms with Gasteiger partial charge in [0.15, 0.2) is 0 Å². The third-order valence-electron chi connectivity index (χ3n) is 3.23. The van der Waals surface area contributed by atoms with Gasteiger partial charge in [0.25, 0.3) is 0 Å². The van der Waals surface area contributed by atoms with E-state index in [1.165, 1.54) is 16.7 Å². The topological polar surface area (TPSA) is 24.9 Å². The van der Waals surface area contributed by atoms with Crippen LogP contribution in [-0.4, -0.2) is 18.1 Å². The summed E-state index contributed by atoms with van der Waals surface area (Å²) >= 11 is 0. The maximum absolute atomic E-state index is 4.33. The Labute approximate surface area is 109 Å². The minimum atomic E-state index is 0.511. The summed E-state index contributed by atoms with van der Waals surface area (Å²) in [5.74, 6) is 0. The Bertz CT molecular complexity index is 486. The quantitative estimate of drug-likeness (QED) is 0.887. The van der Waals surface area contributed by atoms with Crippen LogP contribution in [0.2, 0.25) is 0 Å². The lowest BCUT2D eigenvalue weighted by molar-refractivity contribution is 0.608. The number of hydrogen-bond donors (Lipinski definition) is 1. The molecule has 1 aromatic carbocycles. The zero-order valence-corrected chi connectivity index (χ0v) is 11.3. The van der Waals surface area contributed by atoms with Crippen LogP contribution in [0.5, 0.6) is 0 Å². The van der Waals surface area contributed by atoms with Crippen LogP contribution in [0.3, 0.4) is 0 Å². The summed E-state index contributed by atoms with van der Waals surface area (Å²) in [6, 6.07) is 13.4. The largest absolute Gasteiger partial charge is 0.317 e. The zero-order valence-electron chi connectivity index (χ0n) is 11.3. The second kappa shape index (κ2) is 5.78. The molecule has 18 heavy (non-hydrogen) atoms. The number of nitrogens with zero attached hydrogens (tertiary/aromatic N) is 1. The molecule has 0 saturated heterocycles. The van der Waals surface area contributed by atoms with Crippen molar-refractivity contribution in [2.24, 2.45) is 0 Å². The Hall–Kier alpha value is -1.67. The summed E-state index contributed by atoms with van der Waals surface area (Å²) in [7, 11) is 2.00. The summed E-state index contributed by atoms with van der Waals surface area (Å²) in [4.78, 5) is 4.33. The average Bonchev–Trinajstić information content (AvgIpc) is 2.40. The summed E-state index contributed by atoms with van der Waals surface area (Å²) in [5.41, 5.74) is 4.82. The van der Waals surface area contributed by atoms with E-state index in [9.17, 15) is 0 Å². The first-order chi connectivity index (χ1) is 8.69. The molecule has 1 unspecified atom stereocenters. The van der Waals surface area contributed by atoms with E-state index < -0.39 is 0 Å². The Morgan fingerprint density at radius 2 is 1.72 bits per heavy atom. The highest BCUT2D eigenvalue weighted by Crippen LogP contribution is 2.19. The van der Waals surface area contributed by atoms with Crippen molar-refractivity contribution in [3.8, 4) is 11.1 Å². The highest BCUT2D eigenvalue weighted by Gasteiger charge is 2.02. The third kappa shape index (κ3) is 3.17. The number of likely N-dealkylation sites (N-methyl/N-ethyl adjacent to an activating group) is 1. The molecule has 1 aromatic heterocycles. The second-order valence-corrected chi connectivity index (χ2v) is 4.78. The van der Waals surface area contributed by atoms with Gasteiger partial charge in [-0.05, 0) is 44.5 Å².